The van der Waals surface area contributed by atoms with E-state index in [4.69, 9.17) is 11.6 Å². The number of hydrogen-bond donors (Lipinski definition) is 3. The number of amides is 3. The number of carbonyl (C=O) groups is 3. The molecule has 13 nitrogen and oxygen atoms in total. The minimum absolute atomic E-state index is 0.0122. The van der Waals surface area contributed by atoms with Gasteiger partial charge in [0.25, 0.3) is 5.91 Å². The van der Waals surface area contributed by atoms with Crippen LogP contribution in [-0.4, -0.2) is 82.8 Å². The number of benzene rings is 3. The van der Waals surface area contributed by atoms with Crippen molar-refractivity contribution in [1.82, 2.24) is 30.4 Å². The van der Waals surface area contributed by atoms with Crippen molar-refractivity contribution in [3.63, 3.8) is 0 Å². The number of carbonyl (C=O) groups excluding carboxylic acids is 3. The molecule has 3 N–H and O–H groups in total. The number of tetrazole rings is 1. The minimum Gasteiger partial charge on any atom is -0.453 e. The third-order valence-corrected chi connectivity index (χ3v) is 8.36. The van der Waals surface area contributed by atoms with Crippen LogP contribution in [0.5, 0.6) is 0 Å². The molecule has 1 saturated heterocycles. The summed E-state index contributed by atoms with van der Waals surface area (Å²) in [4.78, 5) is 43.3. The lowest BCUT2D eigenvalue weighted by Crippen LogP contribution is -2.47. The van der Waals surface area contributed by atoms with E-state index in [0.29, 0.717) is 23.4 Å². The standard InChI is InChI=1S/C32H31ClFN9O4/c1-47-32(46)38-21-7-5-20(6-8-21)37-31(45)30-23-3-2-4-26(41-17-14-35-15-18-41)22(23)13-16-42(30)28(44)12-9-24-27(43-19-36-39-40-43)11-10-25(33)29(24)34/h2-12,19,30,35H,13-18H2,1H3,(H,37,45)(H,38,46)/b12-9+. The zero-order valence-electron chi connectivity index (χ0n) is 25.3. The molecule has 3 aromatic carbocycles. The number of fused-ring (bicyclic) bond motifs is 1. The smallest absolute Gasteiger partial charge is 0.411 e. The van der Waals surface area contributed by atoms with Gasteiger partial charge in [0.05, 0.1) is 17.8 Å². The Morgan fingerprint density at radius 3 is 2.45 bits per heavy atom. The van der Waals surface area contributed by atoms with Gasteiger partial charge < -0.3 is 25.2 Å². The quantitative estimate of drug-likeness (QED) is 0.252. The van der Waals surface area contributed by atoms with Crippen molar-refractivity contribution in [2.24, 2.45) is 0 Å². The third-order valence-electron chi connectivity index (χ3n) is 8.07. The van der Waals surface area contributed by atoms with E-state index < -0.39 is 29.8 Å². The van der Waals surface area contributed by atoms with Crippen LogP contribution < -0.4 is 20.9 Å². The predicted octanol–water partition coefficient (Wildman–Crippen LogP) is 3.82. The molecule has 1 atom stereocenters. The summed E-state index contributed by atoms with van der Waals surface area (Å²) < 4.78 is 21.1. The molecule has 47 heavy (non-hydrogen) atoms. The first-order chi connectivity index (χ1) is 22.8. The highest BCUT2D eigenvalue weighted by atomic mass is 35.5. The first-order valence-corrected chi connectivity index (χ1v) is 15.2. The van der Waals surface area contributed by atoms with E-state index in [0.717, 1.165) is 37.4 Å². The molecule has 0 spiro atoms. The minimum atomic E-state index is -0.991. The molecule has 2 aliphatic rings. The Morgan fingerprint density at radius 2 is 1.74 bits per heavy atom. The maximum atomic E-state index is 15.2. The summed E-state index contributed by atoms with van der Waals surface area (Å²) in [6.45, 7) is 3.57. The van der Waals surface area contributed by atoms with Gasteiger partial charge in [-0.2, -0.15) is 4.68 Å². The van der Waals surface area contributed by atoms with Crippen molar-refractivity contribution >= 4 is 52.6 Å². The summed E-state index contributed by atoms with van der Waals surface area (Å²) in [7, 11) is 1.26. The molecule has 3 amide bonds. The van der Waals surface area contributed by atoms with Gasteiger partial charge in [0.15, 0.2) is 5.82 Å². The van der Waals surface area contributed by atoms with Gasteiger partial charge in [0, 0.05) is 61.4 Å². The van der Waals surface area contributed by atoms with E-state index in [1.807, 2.05) is 18.2 Å². The second-order valence-electron chi connectivity index (χ2n) is 10.8. The average Bonchev–Trinajstić information content (AvgIpc) is 3.64. The molecule has 4 aromatic rings. The van der Waals surface area contributed by atoms with Gasteiger partial charge >= 0.3 is 6.09 Å². The summed E-state index contributed by atoms with van der Waals surface area (Å²) in [5.74, 6) is -1.67. The SMILES string of the molecule is COC(=O)Nc1ccc(NC(=O)C2c3cccc(N4CCNCC4)c3CCN2C(=O)/C=C/c2c(-n3cnnn3)ccc(Cl)c2F)cc1. The van der Waals surface area contributed by atoms with Crippen LogP contribution in [0.3, 0.4) is 0 Å². The summed E-state index contributed by atoms with van der Waals surface area (Å²) in [5, 5.41) is 19.8. The van der Waals surface area contributed by atoms with E-state index in [-0.39, 0.29) is 22.8 Å². The Labute approximate surface area is 274 Å². The highest BCUT2D eigenvalue weighted by Gasteiger charge is 2.37. The monoisotopic (exact) mass is 659 g/mol. The summed E-state index contributed by atoms with van der Waals surface area (Å²) in [6.07, 6.45) is 3.74. The zero-order chi connectivity index (χ0) is 32.9. The number of nitrogens with zero attached hydrogens (tertiary/aromatic N) is 6. The summed E-state index contributed by atoms with van der Waals surface area (Å²) in [5.41, 5.74) is 3.99. The molecule has 0 radical (unpaired) electrons. The second-order valence-corrected chi connectivity index (χ2v) is 11.2. The van der Waals surface area contributed by atoms with E-state index in [1.54, 1.807) is 30.3 Å². The Morgan fingerprint density at radius 1 is 1.00 bits per heavy atom. The number of anilines is 3. The molecule has 0 bridgehead atoms. The third kappa shape index (κ3) is 6.78. The van der Waals surface area contributed by atoms with Crippen molar-refractivity contribution in [2.45, 2.75) is 12.5 Å². The lowest BCUT2D eigenvalue weighted by Gasteiger charge is -2.39. The van der Waals surface area contributed by atoms with Crippen LogP contribution in [0.4, 0.5) is 26.2 Å². The molecule has 1 unspecified atom stereocenters. The first kappa shape index (κ1) is 31.6. The highest BCUT2D eigenvalue weighted by molar-refractivity contribution is 6.31. The van der Waals surface area contributed by atoms with Gasteiger partial charge in [0.1, 0.15) is 12.4 Å². The maximum absolute atomic E-state index is 15.2. The van der Waals surface area contributed by atoms with Gasteiger partial charge in [0.2, 0.25) is 5.91 Å². The number of rotatable bonds is 7. The Hall–Kier alpha value is -5.34. The maximum Gasteiger partial charge on any atom is 0.411 e. The fourth-order valence-corrected chi connectivity index (χ4v) is 5.99. The lowest BCUT2D eigenvalue weighted by molar-refractivity contribution is -0.135. The normalized spacial score (nSPS) is 16.1. The van der Waals surface area contributed by atoms with Crippen molar-refractivity contribution in [1.29, 1.82) is 0 Å². The number of nitrogens with one attached hydrogen (secondary N) is 3. The lowest BCUT2D eigenvalue weighted by atomic mass is 9.89. The van der Waals surface area contributed by atoms with Gasteiger partial charge in [-0.15, -0.1) is 5.10 Å². The van der Waals surface area contributed by atoms with Gasteiger partial charge in [-0.1, -0.05) is 23.7 Å². The van der Waals surface area contributed by atoms with Crippen molar-refractivity contribution in [2.75, 3.05) is 55.4 Å². The van der Waals surface area contributed by atoms with Crippen molar-refractivity contribution < 1.29 is 23.5 Å². The largest absolute Gasteiger partial charge is 0.453 e. The number of ether oxygens (including phenoxy) is 1. The van der Waals surface area contributed by atoms with Crippen molar-refractivity contribution in [3.8, 4) is 5.69 Å². The molecule has 2 aliphatic heterocycles. The molecular weight excluding hydrogens is 629 g/mol. The number of halogens is 2. The molecule has 0 saturated carbocycles. The number of aromatic nitrogens is 4. The molecule has 3 heterocycles. The van der Waals surface area contributed by atoms with Gasteiger partial charge in [-0.3, -0.25) is 14.9 Å². The molecule has 6 rings (SSSR count). The zero-order valence-corrected chi connectivity index (χ0v) is 26.1. The van der Waals surface area contributed by atoms with Crippen LogP contribution in [0, 0.1) is 5.82 Å². The number of methoxy groups -OCH3 is 1. The molecule has 1 fully saturated rings. The fourth-order valence-electron chi connectivity index (χ4n) is 5.82. The molecular formula is C32H31ClFN9O4. The van der Waals surface area contributed by atoms with Crippen LogP contribution in [0.2, 0.25) is 5.02 Å². The van der Waals surface area contributed by atoms with Gasteiger partial charge in [-0.05, 0) is 76.5 Å². The van der Waals surface area contributed by atoms with Crippen LogP contribution in [0.15, 0.2) is 67.0 Å². The Kier molecular flexibility index (Phi) is 9.40. The van der Waals surface area contributed by atoms with E-state index in [1.165, 1.54) is 41.2 Å². The molecule has 242 valence electrons. The fraction of sp³-hybridized carbons (Fsp3) is 0.250. The average molecular weight is 660 g/mol. The molecule has 0 aliphatic carbocycles. The summed E-state index contributed by atoms with van der Waals surface area (Å²) in [6, 6.07) is 14.3. The molecule has 15 heteroatoms. The topological polar surface area (TPSA) is 147 Å². The van der Waals surface area contributed by atoms with E-state index in [9.17, 15) is 14.4 Å². The van der Waals surface area contributed by atoms with Gasteiger partial charge in [-0.25, -0.2) is 9.18 Å². The first-order valence-electron chi connectivity index (χ1n) is 14.9. The molecule has 1 aromatic heterocycles. The van der Waals surface area contributed by atoms with Crippen LogP contribution >= 0.6 is 11.6 Å². The predicted molar refractivity (Wildman–Crippen MR) is 174 cm³/mol. The Bertz CT molecular complexity index is 1810. The summed E-state index contributed by atoms with van der Waals surface area (Å²) >= 11 is 6.08. The highest BCUT2D eigenvalue weighted by Crippen LogP contribution is 2.37. The van der Waals surface area contributed by atoms with E-state index >= 15 is 4.39 Å². The van der Waals surface area contributed by atoms with Crippen LogP contribution in [0.25, 0.3) is 11.8 Å². The van der Waals surface area contributed by atoms with Crippen molar-refractivity contribution in [3.05, 3.63) is 94.5 Å². The number of piperazine rings is 1. The Balaban J connectivity index is 1.33. The second kappa shape index (κ2) is 14.0. The van der Waals surface area contributed by atoms with E-state index in [2.05, 4.69) is 41.1 Å². The van der Waals surface area contributed by atoms with Crippen LogP contribution in [0.1, 0.15) is 22.7 Å². The number of hydrogen-bond acceptors (Lipinski definition) is 9. The van der Waals surface area contributed by atoms with Crippen LogP contribution in [-0.2, 0) is 20.7 Å².